The number of ketones is 1. The molecular weight excluding hydrogens is 226 g/mol. The molecule has 0 amide bonds. The molecule has 2 atom stereocenters. The van der Waals surface area contributed by atoms with E-state index < -0.39 is 0 Å². The number of ether oxygens (including phenoxy) is 1. The number of hydrogen-bond donors (Lipinski definition) is 1. The lowest BCUT2D eigenvalue weighted by atomic mass is 9.79. The molecule has 2 N–H and O–H groups in total. The van der Waals surface area contributed by atoms with Crippen LogP contribution in [-0.2, 0) is 9.53 Å². The third-order valence-corrected chi connectivity index (χ3v) is 4.50. The Hall–Kier alpha value is -0.410. The average Bonchev–Trinajstić information content (AvgIpc) is 2.75. The number of carbonyl (C=O) groups is 1. The largest absolute Gasteiger partial charge is 0.375 e. The van der Waals surface area contributed by atoms with E-state index in [9.17, 15) is 4.79 Å². The quantitative estimate of drug-likeness (QED) is 0.838. The van der Waals surface area contributed by atoms with Gasteiger partial charge in [-0.05, 0) is 38.0 Å². The molecule has 1 heterocycles. The summed E-state index contributed by atoms with van der Waals surface area (Å²) in [5.41, 5.74) is 6.07. The van der Waals surface area contributed by atoms with Gasteiger partial charge in [-0.3, -0.25) is 4.79 Å². The molecule has 18 heavy (non-hydrogen) atoms. The van der Waals surface area contributed by atoms with Gasteiger partial charge in [0.05, 0.1) is 11.6 Å². The van der Waals surface area contributed by atoms with Gasteiger partial charge >= 0.3 is 0 Å². The topological polar surface area (TPSA) is 52.3 Å². The zero-order chi connectivity index (χ0) is 13.2. The van der Waals surface area contributed by atoms with Crippen LogP contribution in [0.25, 0.3) is 0 Å². The maximum Gasteiger partial charge on any atom is 0.152 e. The molecule has 104 valence electrons. The van der Waals surface area contributed by atoms with Crippen molar-refractivity contribution in [3.05, 3.63) is 0 Å². The number of nitrogens with two attached hydrogens (primary N) is 1. The SMILES string of the molecule is CC(C)CC(N)C(=O)C1CCOC2(CCCC2)C1. The smallest absolute Gasteiger partial charge is 0.152 e. The molecule has 3 heteroatoms. The highest BCUT2D eigenvalue weighted by atomic mass is 16.5. The van der Waals surface area contributed by atoms with E-state index >= 15 is 0 Å². The van der Waals surface area contributed by atoms with Gasteiger partial charge in [0.2, 0.25) is 0 Å². The highest BCUT2D eigenvalue weighted by molar-refractivity contribution is 5.86. The summed E-state index contributed by atoms with van der Waals surface area (Å²) in [7, 11) is 0. The first kappa shape index (κ1) is 14.0. The van der Waals surface area contributed by atoms with E-state index in [2.05, 4.69) is 13.8 Å². The second-order valence-corrected chi connectivity index (χ2v) is 6.57. The number of carbonyl (C=O) groups excluding carboxylic acids is 1. The molecule has 1 saturated carbocycles. The van der Waals surface area contributed by atoms with Gasteiger partial charge in [-0.25, -0.2) is 0 Å². The lowest BCUT2D eigenvalue weighted by molar-refractivity contribution is -0.137. The average molecular weight is 253 g/mol. The van der Waals surface area contributed by atoms with Gasteiger partial charge in [-0.2, -0.15) is 0 Å². The van der Waals surface area contributed by atoms with Crippen molar-refractivity contribution in [2.75, 3.05) is 6.61 Å². The molecule has 1 saturated heterocycles. The van der Waals surface area contributed by atoms with E-state index in [1.54, 1.807) is 0 Å². The molecule has 0 bridgehead atoms. The van der Waals surface area contributed by atoms with Crippen LogP contribution in [0.1, 0.15) is 58.8 Å². The lowest BCUT2D eigenvalue weighted by Crippen LogP contribution is -2.44. The zero-order valence-corrected chi connectivity index (χ0v) is 11.8. The summed E-state index contributed by atoms with van der Waals surface area (Å²) in [4.78, 5) is 12.4. The fourth-order valence-corrected chi connectivity index (χ4v) is 3.57. The Labute approximate surface area is 110 Å². The van der Waals surface area contributed by atoms with Crippen LogP contribution in [0.4, 0.5) is 0 Å². The number of hydrogen-bond acceptors (Lipinski definition) is 3. The minimum absolute atomic E-state index is 0.0239. The molecule has 2 fully saturated rings. The van der Waals surface area contributed by atoms with Crippen molar-refractivity contribution in [1.82, 2.24) is 0 Å². The molecular formula is C15H27NO2. The molecule has 0 aromatic carbocycles. The normalized spacial score (nSPS) is 28.8. The van der Waals surface area contributed by atoms with Crippen molar-refractivity contribution in [2.45, 2.75) is 70.4 Å². The van der Waals surface area contributed by atoms with Crippen molar-refractivity contribution in [1.29, 1.82) is 0 Å². The van der Waals surface area contributed by atoms with E-state index in [-0.39, 0.29) is 23.3 Å². The molecule has 1 aliphatic carbocycles. The van der Waals surface area contributed by atoms with E-state index in [1.165, 1.54) is 12.8 Å². The van der Waals surface area contributed by atoms with E-state index in [1.807, 2.05) is 0 Å². The van der Waals surface area contributed by atoms with Gasteiger partial charge in [0.25, 0.3) is 0 Å². The molecule has 0 aromatic heterocycles. The summed E-state index contributed by atoms with van der Waals surface area (Å²) in [6, 6.07) is -0.272. The highest BCUT2D eigenvalue weighted by Gasteiger charge is 2.42. The van der Waals surface area contributed by atoms with Crippen LogP contribution in [0.2, 0.25) is 0 Å². The maximum absolute atomic E-state index is 12.4. The van der Waals surface area contributed by atoms with Crippen LogP contribution in [0.5, 0.6) is 0 Å². The van der Waals surface area contributed by atoms with Crippen LogP contribution in [0.15, 0.2) is 0 Å². The Morgan fingerprint density at radius 3 is 2.67 bits per heavy atom. The molecule has 1 aliphatic heterocycles. The summed E-state index contributed by atoms with van der Waals surface area (Å²) >= 11 is 0. The Balaban J connectivity index is 1.93. The Kier molecular flexibility index (Phi) is 4.44. The maximum atomic E-state index is 12.4. The van der Waals surface area contributed by atoms with Gasteiger partial charge in [0.1, 0.15) is 0 Å². The standard InChI is InChI=1S/C15H27NO2/c1-11(2)9-13(16)14(17)12-5-8-18-15(10-12)6-3-4-7-15/h11-13H,3-10,16H2,1-2H3. The van der Waals surface area contributed by atoms with Gasteiger partial charge in [-0.1, -0.05) is 26.7 Å². The second-order valence-electron chi connectivity index (χ2n) is 6.57. The third-order valence-electron chi connectivity index (χ3n) is 4.50. The minimum atomic E-state index is -0.272. The molecule has 2 aliphatic rings. The first-order valence-electron chi connectivity index (χ1n) is 7.46. The van der Waals surface area contributed by atoms with Gasteiger partial charge in [-0.15, -0.1) is 0 Å². The van der Waals surface area contributed by atoms with Crippen LogP contribution in [-0.4, -0.2) is 24.0 Å². The van der Waals surface area contributed by atoms with E-state index in [4.69, 9.17) is 10.5 Å². The monoisotopic (exact) mass is 253 g/mol. The first-order chi connectivity index (χ1) is 8.52. The van der Waals surface area contributed by atoms with E-state index in [0.29, 0.717) is 5.92 Å². The minimum Gasteiger partial charge on any atom is -0.375 e. The van der Waals surface area contributed by atoms with Crippen LogP contribution in [0.3, 0.4) is 0 Å². The predicted molar refractivity (Wildman–Crippen MR) is 72.3 cm³/mol. The van der Waals surface area contributed by atoms with Crippen molar-refractivity contribution in [3.8, 4) is 0 Å². The number of Topliss-reactive ketones (excluding diaryl/α,β-unsaturated/α-hetero) is 1. The molecule has 2 unspecified atom stereocenters. The number of rotatable bonds is 4. The summed E-state index contributed by atoms with van der Waals surface area (Å²) in [5, 5.41) is 0. The Bertz CT molecular complexity index is 295. The summed E-state index contributed by atoms with van der Waals surface area (Å²) in [5.74, 6) is 0.910. The van der Waals surface area contributed by atoms with Crippen molar-refractivity contribution >= 4 is 5.78 Å². The molecule has 0 aromatic rings. The fourth-order valence-electron chi connectivity index (χ4n) is 3.57. The van der Waals surface area contributed by atoms with E-state index in [0.717, 1.165) is 38.7 Å². The van der Waals surface area contributed by atoms with Gasteiger partial charge < -0.3 is 10.5 Å². The second kappa shape index (κ2) is 5.70. The van der Waals surface area contributed by atoms with Gasteiger partial charge in [0.15, 0.2) is 5.78 Å². The van der Waals surface area contributed by atoms with Gasteiger partial charge in [0, 0.05) is 12.5 Å². The summed E-state index contributed by atoms with van der Waals surface area (Å²) in [6.07, 6.45) is 7.36. The van der Waals surface area contributed by atoms with Crippen LogP contribution in [0, 0.1) is 11.8 Å². The summed E-state index contributed by atoms with van der Waals surface area (Å²) < 4.78 is 5.97. The molecule has 0 radical (unpaired) electrons. The summed E-state index contributed by atoms with van der Waals surface area (Å²) in [6.45, 7) is 4.98. The van der Waals surface area contributed by atoms with Crippen LogP contribution >= 0.6 is 0 Å². The third kappa shape index (κ3) is 3.12. The Morgan fingerprint density at radius 1 is 1.39 bits per heavy atom. The predicted octanol–water partition coefficient (Wildman–Crippen LogP) is 2.67. The lowest BCUT2D eigenvalue weighted by Gasteiger charge is -2.38. The molecule has 2 rings (SSSR count). The van der Waals surface area contributed by atoms with Crippen molar-refractivity contribution < 1.29 is 9.53 Å². The van der Waals surface area contributed by atoms with Crippen molar-refractivity contribution in [2.24, 2.45) is 17.6 Å². The Morgan fingerprint density at radius 2 is 2.06 bits per heavy atom. The molecule has 1 spiro atoms. The molecule has 3 nitrogen and oxygen atoms in total. The zero-order valence-electron chi connectivity index (χ0n) is 11.8. The fraction of sp³-hybridized carbons (Fsp3) is 0.933. The van der Waals surface area contributed by atoms with Crippen LogP contribution < -0.4 is 5.73 Å². The highest BCUT2D eigenvalue weighted by Crippen LogP contribution is 2.42. The van der Waals surface area contributed by atoms with Crippen molar-refractivity contribution in [3.63, 3.8) is 0 Å². The first-order valence-corrected chi connectivity index (χ1v) is 7.46.